The van der Waals surface area contributed by atoms with Crippen molar-refractivity contribution in [3.63, 3.8) is 0 Å². The van der Waals surface area contributed by atoms with Crippen molar-refractivity contribution in [2.24, 2.45) is 0 Å². The average molecular weight is 93.1 g/mol. The van der Waals surface area contributed by atoms with E-state index in [0.717, 1.165) is 0 Å². The molecule has 0 rings (SSSR count). The third-order valence-electron chi connectivity index (χ3n) is 0.353. The van der Waals surface area contributed by atoms with E-state index in [-0.39, 0.29) is 0 Å². The SMILES string of the molecule is [O-][NH+](CO)CO. The first kappa shape index (κ1) is 5.84. The lowest BCUT2D eigenvalue weighted by Gasteiger charge is -2.13. The zero-order valence-electron chi connectivity index (χ0n) is 3.22. The van der Waals surface area contributed by atoms with Gasteiger partial charge in [0.25, 0.3) is 0 Å². The van der Waals surface area contributed by atoms with Gasteiger partial charge in [-0.2, -0.15) is 0 Å². The van der Waals surface area contributed by atoms with E-state index in [9.17, 15) is 5.21 Å². The molecule has 3 N–H and O–H groups in total. The molecule has 0 aliphatic heterocycles. The van der Waals surface area contributed by atoms with E-state index in [2.05, 4.69) is 0 Å². The summed E-state index contributed by atoms with van der Waals surface area (Å²) in [7, 11) is 0. The summed E-state index contributed by atoms with van der Waals surface area (Å²) in [6.07, 6.45) is 0. The molecular formula is C2H7NO3. The third-order valence-corrected chi connectivity index (χ3v) is 0.353. The van der Waals surface area contributed by atoms with Crippen molar-refractivity contribution >= 4 is 0 Å². The molecule has 0 spiro atoms. The lowest BCUT2D eigenvalue weighted by molar-refractivity contribution is -0.888. The van der Waals surface area contributed by atoms with E-state index in [1.807, 2.05) is 0 Å². The smallest absolute Gasteiger partial charge is 0.180 e. The summed E-state index contributed by atoms with van der Waals surface area (Å²) in [6, 6.07) is 0. The minimum absolute atomic E-state index is 0.546. The lowest BCUT2D eigenvalue weighted by atomic mass is 11.1. The van der Waals surface area contributed by atoms with E-state index in [0.29, 0.717) is 0 Å². The highest BCUT2D eigenvalue weighted by Crippen LogP contribution is 1.27. The molecular weight excluding hydrogens is 86.0 g/mol. The monoisotopic (exact) mass is 93.0 g/mol. The summed E-state index contributed by atoms with van der Waals surface area (Å²) in [6.45, 7) is -1.12. The van der Waals surface area contributed by atoms with Crippen LogP contribution in [0, 0.1) is 5.21 Å². The van der Waals surface area contributed by atoms with Gasteiger partial charge < -0.3 is 20.5 Å². The number of aliphatic hydroxyl groups excluding tert-OH is 2. The van der Waals surface area contributed by atoms with E-state index >= 15 is 0 Å². The van der Waals surface area contributed by atoms with Crippen LogP contribution < -0.4 is 5.06 Å². The third kappa shape index (κ3) is 2.10. The Hall–Kier alpha value is -0.160. The topological polar surface area (TPSA) is 68.0 Å². The number of hydrogen-bond donors (Lipinski definition) is 3. The van der Waals surface area contributed by atoms with E-state index in [4.69, 9.17) is 10.2 Å². The lowest BCUT2D eigenvalue weighted by Crippen LogP contribution is -3.07. The van der Waals surface area contributed by atoms with Crippen LogP contribution in [-0.2, 0) is 0 Å². The molecule has 6 heavy (non-hydrogen) atoms. The van der Waals surface area contributed by atoms with Crippen LogP contribution in [0.25, 0.3) is 0 Å². The summed E-state index contributed by atoms with van der Waals surface area (Å²) in [5.41, 5.74) is 0. The number of nitrogens with one attached hydrogen (secondary N) is 1. The summed E-state index contributed by atoms with van der Waals surface area (Å²) in [5.74, 6) is 0. The summed E-state index contributed by atoms with van der Waals surface area (Å²) in [5, 5.41) is 24.8. The first-order valence-corrected chi connectivity index (χ1v) is 1.54. The van der Waals surface area contributed by atoms with Crippen molar-refractivity contribution in [1.29, 1.82) is 0 Å². The van der Waals surface area contributed by atoms with Crippen LogP contribution >= 0.6 is 0 Å². The summed E-state index contributed by atoms with van der Waals surface area (Å²) >= 11 is 0. The Morgan fingerprint density at radius 3 is 1.67 bits per heavy atom. The molecule has 4 nitrogen and oxygen atoms in total. The van der Waals surface area contributed by atoms with Crippen molar-refractivity contribution in [1.82, 2.24) is 0 Å². The van der Waals surface area contributed by atoms with Crippen LogP contribution in [-0.4, -0.2) is 23.7 Å². The Morgan fingerprint density at radius 1 is 1.33 bits per heavy atom. The molecule has 0 aliphatic rings. The van der Waals surface area contributed by atoms with E-state index in [1.165, 1.54) is 0 Å². The van der Waals surface area contributed by atoms with Crippen LogP contribution in [0.1, 0.15) is 0 Å². The molecule has 0 bridgehead atoms. The highest BCUT2D eigenvalue weighted by atomic mass is 16.6. The molecule has 0 unspecified atom stereocenters. The van der Waals surface area contributed by atoms with Crippen LogP contribution in [0.2, 0.25) is 0 Å². The maximum Gasteiger partial charge on any atom is 0.180 e. The molecule has 0 fully saturated rings. The first-order valence-electron chi connectivity index (χ1n) is 1.54. The molecule has 0 aromatic carbocycles. The van der Waals surface area contributed by atoms with Crippen molar-refractivity contribution in [3.05, 3.63) is 5.21 Å². The van der Waals surface area contributed by atoms with Crippen LogP contribution in [0.15, 0.2) is 0 Å². The van der Waals surface area contributed by atoms with Gasteiger partial charge in [0.1, 0.15) is 0 Å². The molecule has 0 aromatic rings. The molecule has 0 saturated heterocycles. The molecule has 0 heterocycles. The number of hydroxylamine groups is 2. The fraction of sp³-hybridized carbons (Fsp3) is 1.00. The first-order chi connectivity index (χ1) is 2.81. The van der Waals surface area contributed by atoms with Crippen molar-refractivity contribution < 1.29 is 15.3 Å². The maximum absolute atomic E-state index is 9.68. The normalized spacial score (nSPS) is 10.0. The van der Waals surface area contributed by atoms with Gasteiger partial charge in [-0.3, -0.25) is 0 Å². The Kier molecular flexibility index (Phi) is 2.97. The van der Waals surface area contributed by atoms with E-state index < -0.39 is 18.5 Å². The van der Waals surface area contributed by atoms with Gasteiger partial charge in [0, 0.05) is 0 Å². The van der Waals surface area contributed by atoms with Gasteiger partial charge in [0.15, 0.2) is 13.5 Å². The zero-order chi connectivity index (χ0) is 4.99. The molecule has 0 amide bonds. The highest BCUT2D eigenvalue weighted by molar-refractivity contribution is 3.96. The number of aliphatic hydroxyl groups is 2. The quantitative estimate of drug-likeness (QED) is 0.256. The second-order valence-electron chi connectivity index (χ2n) is 0.855. The minimum atomic E-state index is -0.559. The molecule has 0 aliphatic carbocycles. The predicted molar refractivity (Wildman–Crippen MR) is 18.5 cm³/mol. The molecule has 0 saturated carbocycles. The van der Waals surface area contributed by atoms with Crippen LogP contribution in [0.5, 0.6) is 0 Å². The van der Waals surface area contributed by atoms with Gasteiger partial charge in [0.05, 0.1) is 0 Å². The summed E-state index contributed by atoms with van der Waals surface area (Å²) < 4.78 is 0. The zero-order valence-corrected chi connectivity index (χ0v) is 3.22. The fourth-order valence-electron chi connectivity index (χ4n) is 0.0500. The predicted octanol–water partition coefficient (Wildman–Crippen LogP) is -2.73. The van der Waals surface area contributed by atoms with Gasteiger partial charge in [-0.15, -0.1) is 0 Å². The molecule has 38 valence electrons. The molecule has 4 heteroatoms. The second kappa shape index (κ2) is 3.05. The largest absolute Gasteiger partial charge is 0.631 e. The summed E-state index contributed by atoms with van der Waals surface area (Å²) in [4.78, 5) is 0. The Bertz CT molecular complexity index is 28.0. The number of hydrogen-bond acceptors (Lipinski definition) is 3. The number of quaternary nitrogens is 1. The fourth-order valence-corrected chi connectivity index (χ4v) is 0.0500. The van der Waals surface area contributed by atoms with Crippen molar-refractivity contribution in [3.8, 4) is 0 Å². The average Bonchev–Trinajstić information content (AvgIpc) is 1.65. The minimum Gasteiger partial charge on any atom is -0.631 e. The Labute approximate surface area is 35.2 Å². The Morgan fingerprint density at radius 2 is 1.67 bits per heavy atom. The van der Waals surface area contributed by atoms with Crippen LogP contribution in [0.3, 0.4) is 0 Å². The van der Waals surface area contributed by atoms with Gasteiger partial charge in [-0.05, 0) is 0 Å². The van der Waals surface area contributed by atoms with Gasteiger partial charge in [-0.25, -0.2) is 0 Å². The van der Waals surface area contributed by atoms with E-state index in [1.54, 1.807) is 0 Å². The van der Waals surface area contributed by atoms with Crippen LogP contribution in [0.4, 0.5) is 0 Å². The van der Waals surface area contributed by atoms with Crippen molar-refractivity contribution in [2.45, 2.75) is 0 Å². The van der Waals surface area contributed by atoms with Gasteiger partial charge >= 0.3 is 0 Å². The molecule has 0 aromatic heterocycles. The second-order valence-corrected chi connectivity index (χ2v) is 0.855. The van der Waals surface area contributed by atoms with Gasteiger partial charge in [-0.1, -0.05) is 0 Å². The molecule has 0 radical (unpaired) electrons. The van der Waals surface area contributed by atoms with Gasteiger partial charge in [0.2, 0.25) is 0 Å². The standard InChI is InChI=1S/C2H7NO3/c4-1-3(6)2-5/h3-5H,1-2H2. The van der Waals surface area contributed by atoms with Crippen molar-refractivity contribution in [2.75, 3.05) is 13.5 Å². The number of rotatable bonds is 2. The highest BCUT2D eigenvalue weighted by Gasteiger charge is 1.81. The molecule has 0 atom stereocenters. The maximum atomic E-state index is 9.68. The Balaban J connectivity index is 2.75.